The van der Waals surface area contributed by atoms with E-state index in [-0.39, 0.29) is 0 Å². The van der Waals surface area contributed by atoms with Crippen LogP contribution in [0.2, 0.25) is 0 Å². The molecule has 54 valence electrons. The van der Waals surface area contributed by atoms with Gasteiger partial charge in [0.25, 0.3) is 0 Å². The molecular formula is C5H5Br2N3. The molecule has 0 aliphatic heterocycles. The highest BCUT2D eigenvalue weighted by molar-refractivity contribution is 9.11. The van der Waals surface area contributed by atoms with Crippen molar-refractivity contribution < 1.29 is 0 Å². The van der Waals surface area contributed by atoms with Crippen LogP contribution >= 0.6 is 31.9 Å². The third-order valence-corrected chi connectivity index (χ3v) is 2.50. The molecule has 0 aromatic carbocycles. The molecule has 1 heterocycles. The molecule has 1 aromatic rings. The first-order chi connectivity index (χ1) is 4.63. The lowest BCUT2D eigenvalue weighted by molar-refractivity contribution is 1.30. The fourth-order valence-electron chi connectivity index (χ4n) is 0.495. The Hall–Kier alpha value is -0.290. The summed E-state index contributed by atoms with van der Waals surface area (Å²) in [5.74, 6) is 0.403. The standard InChI is InChI=1S/C5H5Br2N3/c6-2-1-10-5(9)3(7)4(2)8/h1H,(H4,8,9,10). The van der Waals surface area contributed by atoms with Crippen LogP contribution in [0.5, 0.6) is 0 Å². The smallest absolute Gasteiger partial charge is 0.139 e. The second-order valence-electron chi connectivity index (χ2n) is 1.72. The van der Waals surface area contributed by atoms with Gasteiger partial charge in [-0.05, 0) is 31.9 Å². The summed E-state index contributed by atoms with van der Waals surface area (Å²) in [5.41, 5.74) is 11.6. The largest absolute Gasteiger partial charge is 0.397 e. The van der Waals surface area contributed by atoms with Crippen LogP contribution in [-0.4, -0.2) is 4.98 Å². The first-order valence-electron chi connectivity index (χ1n) is 2.48. The fraction of sp³-hybridized carbons (Fsp3) is 0. The summed E-state index contributed by atoms with van der Waals surface area (Å²) in [6.07, 6.45) is 1.56. The monoisotopic (exact) mass is 265 g/mol. The molecule has 3 nitrogen and oxygen atoms in total. The van der Waals surface area contributed by atoms with Gasteiger partial charge in [-0.15, -0.1) is 0 Å². The van der Waals surface area contributed by atoms with E-state index in [1.807, 2.05) is 0 Å². The van der Waals surface area contributed by atoms with Crippen molar-refractivity contribution in [3.63, 3.8) is 0 Å². The lowest BCUT2D eigenvalue weighted by Crippen LogP contribution is -1.96. The van der Waals surface area contributed by atoms with Crippen LogP contribution in [0, 0.1) is 0 Å². The number of rotatable bonds is 0. The zero-order chi connectivity index (χ0) is 7.72. The quantitative estimate of drug-likeness (QED) is 0.752. The Morgan fingerprint density at radius 2 is 1.90 bits per heavy atom. The molecule has 0 aliphatic carbocycles. The summed E-state index contributed by atoms with van der Waals surface area (Å²) in [7, 11) is 0. The summed E-state index contributed by atoms with van der Waals surface area (Å²) in [4.78, 5) is 3.84. The van der Waals surface area contributed by atoms with Gasteiger partial charge in [0.1, 0.15) is 5.82 Å². The fourth-order valence-corrected chi connectivity index (χ4v) is 1.38. The van der Waals surface area contributed by atoms with Gasteiger partial charge in [0.05, 0.1) is 14.6 Å². The number of halogens is 2. The Morgan fingerprint density at radius 1 is 1.30 bits per heavy atom. The molecular weight excluding hydrogens is 262 g/mol. The minimum Gasteiger partial charge on any atom is -0.397 e. The number of anilines is 2. The predicted octanol–water partition coefficient (Wildman–Crippen LogP) is 1.77. The molecule has 0 atom stereocenters. The molecule has 1 aromatic heterocycles. The number of hydrogen-bond donors (Lipinski definition) is 2. The SMILES string of the molecule is Nc1ncc(Br)c(N)c1Br. The van der Waals surface area contributed by atoms with Crippen molar-refractivity contribution in [2.45, 2.75) is 0 Å². The van der Waals surface area contributed by atoms with Crippen molar-refractivity contribution in [1.82, 2.24) is 4.98 Å². The van der Waals surface area contributed by atoms with Gasteiger partial charge in [0.2, 0.25) is 0 Å². The van der Waals surface area contributed by atoms with Crippen molar-refractivity contribution in [3.8, 4) is 0 Å². The van der Waals surface area contributed by atoms with Gasteiger partial charge in [-0.25, -0.2) is 4.98 Å². The highest BCUT2D eigenvalue weighted by Gasteiger charge is 2.03. The lowest BCUT2D eigenvalue weighted by Gasteiger charge is -2.01. The molecule has 0 radical (unpaired) electrons. The van der Waals surface area contributed by atoms with Gasteiger partial charge in [0.15, 0.2) is 0 Å². The number of hydrogen-bond acceptors (Lipinski definition) is 3. The van der Waals surface area contributed by atoms with Gasteiger partial charge in [0, 0.05) is 6.20 Å². The average molecular weight is 267 g/mol. The van der Waals surface area contributed by atoms with E-state index in [2.05, 4.69) is 36.8 Å². The molecule has 0 saturated heterocycles. The van der Waals surface area contributed by atoms with Crippen molar-refractivity contribution in [1.29, 1.82) is 0 Å². The van der Waals surface area contributed by atoms with Crippen molar-refractivity contribution in [2.75, 3.05) is 11.5 Å². The molecule has 0 saturated carbocycles. The Bertz CT molecular complexity index is 234. The molecule has 5 heteroatoms. The third-order valence-electron chi connectivity index (χ3n) is 1.04. The van der Waals surface area contributed by atoms with Gasteiger partial charge in [-0.3, -0.25) is 0 Å². The number of pyridine rings is 1. The molecule has 10 heavy (non-hydrogen) atoms. The second kappa shape index (κ2) is 2.75. The summed E-state index contributed by atoms with van der Waals surface area (Å²) in [5, 5.41) is 0. The van der Waals surface area contributed by atoms with E-state index >= 15 is 0 Å². The van der Waals surface area contributed by atoms with Crippen LogP contribution in [0.15, 0.2) is 15.1 Å². The van der Waals surface area contributed by atoms with Crippen LogP contribution < -0.4 is 11.5 Å². The highest BCUT2D eigenvalue weighted by atomic mass is 79.9. The van der Waals surface area contributed by atoms with E-state index in [9.17, 15) is 0 Å². The number of nitrogens with zero attached hydrogens (tertiary/aromatic N) is 1. The number of aromatic nitrogens is 1. The van der Waals surface area contributed by atoms with E-state index in [0.717, 1.165) is 4.47 Å². The summed E-state index contributed by atoms with van der Waals surface area (Å²) in [6, 6.07) is 0. The average Bonchev–Trinajstić information content (AvgIpc) is 1.93. The molecule has 1 rings (SSSR count). The van der Waals surface area contributed by atoms with Crippen molar-refractivity contribution in [2.24, 2.45) is 0 Å². The van der Waals surface area contributed by atoms with E-state index < -0.39 is 0 Å². The summed E-state index contributed by atoms with van der Waals surface area (Å²) in [6.45, 7) is 0. The predicted molar refractivity (Wildman–Crippen MR) is 48.5 cm³/mol. The van der Waals surface area contributed by atoms with E-state index in [4.69, 9.17) is 11.5 Å². The van der Waals surface area contributed by atoms with Crippen LogP contribution in [0.3, 0.4) is 0 Å². The molecule has 0 fully saturated rings. The minimum absolute atomic E-state index is 0.403. The first-order valence-corrected chi connectivity index (χ1v) is 4.06. The van der Waals surface area contributed by atoms with Crippen LogP contribution in [0.4, 0.5) is 11.5 Å². The maximum atomic E-state index is 5.57. The maximum absolute atomic E-state index is 5.57. The molecule has 0 aliphatic rings. The zero-order valence-corrected chi connectivity index (χ0v) is 8.11. The molecule has 4 N–H and O–H groups in total. The van der Waals surface area contributed by atoms with E-state index in [1.54, 1.807) is 6.20 Å². The van der Waals surface area contributed by atoms with E-state index in [0.29, 0.717) is 16.0 Å². The van der Waals surface area contributed by atoms with Crippen LogP contribution in [0.1, 0.15) is 0 Å². The minimum atomic E-state index is 0.403. The number of nitrogens with two attached hydrogens (primary N) is 2. The maximum Gasteiger partial charge on any atom is 0.139 e. The lowest BCUT2D eigenvalue weighted by atomic mass is 10.4. The van der Waals surface area contributed by atoms with Gasteiger partial charge >= 0.3 is 0 Å². The summed E-state index contributed by atoms with van der Waals surface area (Å²) >= 11 is 6.39. The third kappa shape index (κ3) is 1.24. The van der Waals surface area contributed by atoms with Gasteiger partial charge in [-0.1, -0.05) is 0 Å². The Kier molecular flexibility index (Phi) is 2.15. The highest BCUT2D eigenvalue weighted by Crippen LogP contribution is 2.30. The van der Waals surface area contributed by atoms with Crippen LogP contribution in [0.25, 0.3) is 0 Å². The van der Waals surface area contributed by atoms with Crippen molar-refractivity contribution in [3.05, 3.63) is 15.1 Å². The zero-order valence-electron chi connectivity index (χ0n) is 4.94. The second-order valence-corrected chi connectivity index (χ2v) is 3.37. The Morgan fingerprint density at radius 3 is 2.40 bits per heavy atom. The Labute approximate surface area is 75.1 Å². The molecule has 0 unspecified atom stereocenters. The first kappa shape index (κ1) is 7.81. The van der Waals surface area contributed by atoms with Gasteiger partial charge < -0.3 is 11.5 Å². The normalized spacial score (nSPS) is 9.80. The molecule has 0 spiro atoms. The topological polar surface area (TPSA) is 64.9 Å². The molecule has 0 bridgehead atoms. The summed E-state index contributed by atoms with van der Waals surface area (Å²) < 4.78 is 1.38. The van der Waals surface area contributed by atoms with Crippen molar-refractivity contribution >= 4 is 43.4 Å². The van der Waals surface area contributed by atoms with Gasteiger partial charge in [-0.2, -0.15) is 0 Å². The van der Waals surface area contributed by atoms with E-state index in [1.165, 1.54) is 0 Å². The number of nitrogen functional groups attached to an aromatic ring is 2. The molecule has 0 amide bonds. The Balaban J connectivity index is 3.34. The van der Waals surface area contributed by atoms with Crippen LogP contribution in [-0.2, 0) is 0 Å².